The number of amides is 1. The standard InChI is InChI=1S/C14H21NO5/c1-5-19-12(17)9-7-6-8-10(16)11(9)15-13(18)20-14(2,3)4/h6-8,10-11,16H,5H2,1-4H3,(H,15,18)/t10-,11-/m1/s1. The minimum absolute atomic E-state index is 0.188. The van der Waals surface area contributed by atoms with E-state index in [1.807, 2.05) is 0 Å². The lowest BCUT2D eigenvalue weighted by atomic mass is 9.96. The third kappa shape index (κ3) is 4.70. The van der Waals surface area contributed by atoms with Gasteiger partial charge in [-0.3, -0.25) is 0 Å². The molecule has 6 nitrogen and oxygen atoms in total. The Kier molecular flexibility index (Phi) is 5.33. The Balaban J connectivity index is 2.79. The summed E-state index contributed by atoms with van der Waals surface area (Å²) in [5, 5.41) is 12.4. The van der Waals surface area contributed by atoms with Gasteiger partial charge in [-0.25, -0.2) is 9.59 Å². The zero-order chi connectivity index (χ0) is 15.3. The number of aliphatic hydroxyl groups excluding tert-OH is 1. The Hall–Kier alpha value is -1.82. The van der Waals surface area contributed by atoms with Gasteiger partial charge in [0.1, 0.15) is 5.60 Å². The molecule has 0 spiro atoms. The van der Waals surface area contributed by atoms with Crippen molar-refractivity contribution < 1.29 is 24.2 Å². The maximum Gasteiger partial charge on any atom is 0.408 e. The molecule has 1 rings (SSSR count). The number of hydrogen-bond donors (Lipinski definition) is 2. The minimum Gasteiger partial charge on any atom is -0.463 e. The van der Waals surface area contributed by atoms with Crippen LogP contribution in [0.1, 0.15) is 27.7 Å². The van der Waals surface area contributed by atoms with Crippen LogP contribution in [-0.2, 0) is 14.3 Å². The lowest BCUT2D eigenvalue weighted by molar-refractivity contribution is -0.139. The number of alkyl carbamates (subject to hydrolysis) is 1. The van der Waals surface area contributed by atoms with Crippen LogP contribution in [-0.4, -0.2) is 41.5 Å². The van der Waals surface area contributed by atoms with Gasteiger partial charge in [-0.1, -0.05) is 12.2 Å². The van der Waals surface area contributed by atoms with Gasteiger partial charge in [0.2, 0.25) is 0 Å². The van der Waals surface area contributed by atoms with Crippen molar-refractivity contribution in [3.63, 3.8) is 0 Å². The zero-order valence-corrected chi connectivity index (χ0v) is 12.2. The largest absolute Gasteiger partial charge is 0.463 e. The molecule has 2 atom stereocenters. The highest BCUT2D eigenvalue weighted by Gasteiger charge is 2.31. The second kappa shape index (κ2) is 6.56. The van der Waals surface area contributed by atoms with Gasteiger partial charge in [-0.15, -0.1) is 0 Å². The molecule has 0 heterocycles. The molecule has 0 fully saturated rings. The highest BCUT2D eigenvalue weighted by Crippen LogP contribution is 2.17. The zero-order valence-electron chi connectivity index (χ0n) is 12.2. The fraction of sp³-hybridized carbons (Fsp3) is 0.571. The van der Waals surface area contributed by atoms with Crippen LogP contribution in [0.3, 0.4) is 0 Å². The van der Waals surface area contributed by atoms with E-state index >= 15 is 0 Å². The molecule has 0 aromatic rings. The molecule has 2 N–H and O–H groups in total. The number of carbonyl (C=O) groups is 2. The Morgan fingerprint density at radius 3 is 2.60 bits per heavy atom. The predicted molar refractivity (Wildman–Crippen MR) is 73.0 cm³/mol. The summed E-state index contributed by atoms with van der Waals surface area (Å²) >= 11 is 0. The normalized spacial score (nSPS) is 21.9. The van der Waals surface area contributed by atoms with Crippen LogP contribution in [0.15, 0.2) is 23.8 Å². The average Bonchev–Trinajstić information content (AvgIpc) is 2.29. The smallest absolute Gasteiger partial charge is 0.408 e. The van der Waals surface area contributed by atoms with Gasteiger partial charge in [0.25, 0.3) is 0 Å². The molecule has 0 aliphatic heterocycles. The van der Waals surface area contributed by atoms with Gasteiger partial charge >= 0.3 is 12.1 Å². The van der Waals surface area contributed by atoms with Crippen LogP contribution in [0.4, 0.5) is 4.79 Å². The summed E-state index contributed by atoms with van der Waals surface area (Å²) in [5.41, 5.74) is -0.472. The summed E-state index contributed by atoms with van der Waals surface area (Å²) in [5.74, 6) is -0.572. The molecule has 1 aliphatic rings. The summed E-state index contributed by atoms with van der Waals surface area (Å²) in [6.07, 6.45) is 2.82. The number of ether oxygens (including phenoxy) is 2. The third-order valence-electron chi connectivity index (χ3n) is 2.44. The van der Waals surface area contributed by atoms with E-state index in [1.54, 1.807) is 33.8 Å². The number of carbonyl (C=O) groups excluding carboxylic acids is 2. The Labute approximate surface area is 118 Å². The van der Waals surface area contributed by atoms with Crippen molar-refractivity contribution in [2.45, 2.75) is 45.4 Å². The van der Waals surface area contributed by atoms with Gasteiger partial charge in [0.15, 0.2) is 0 Å². The van der Waals surface area contributed by atoms with Crippen molar-refractivity contribution in [1.29, 1.82) is 0 Å². The molecular weight excluding hydrogens is 262 g/mol. The van der Waals surface area contributed by atoms with Gasteiger partial charge in [0, 0.05) is 0 Å². The number of hydrogen-bond acceptors (Lipinski definition) is 5. The van der Waals surface area contributed by atoms with Crippen LogP contribution in [0, 0.1) is 0 Å². The van der Waals surface area contributed by atoms with Crippen LogP contribution < -0.4 is 5.32 Å². The monoisotopic (exact) mass is 283 g/mol. The molecule has 20 heavy (non-hydrogen) atoms. The summed E-state index contributed by atoms with van der Waals surface area (Å²) in [4.78, 5) is 23.5. The lowest BCUT2D eigenvalue weighted by Crippen LogP contribution is -2.48. The highest BCUT2D eigenvalue weighted by molar-refractivity contribution is 5.91. The van der Waals surface area contributed by atoms with E-state index < -0.39 is 29.8 Å². The number of esters is 1. The molecule has 0 saturated carbocycles. The van der Waals surface area contributed by atoms with Gasteiger partial charge in [-0.05, 0) is 33.8 Å². The van der Waals surface area contributed by atoms with E-state index in [-0.39, 0.29) is 12.2 Å². The second-order valence-electron chi connectivity index (χ2n) is 5.34. The molecule has 1 aliphatic carbocycles. The van der Waals surface area contributed by atoms with E-state index in [1.165, 1.54) is 12.2 Å². The van der Waals surface area contributed by atoms with Crippen molar-refractivity contribution in [3.8, 4) is 0 Å². The van der Waals surface area contributed by atoms with E-state index in [9.17, 15) is 14.7 Å². The summed E-state index contributed by atoms with van der Waals surface area (Å²) in [6, 6.07) is -0.881. The second-order valence-corrected chi connectivity index (χ2v) is 5.34. The van der Waals surface area contributed by atoms with Crippen molar-refractivity contribution in [2.24, 2.45) is 0 Å². The molecule has 0 aromatic heterocycles. The Bertz CT molecular complexity index is 433. The van der Waals surface area contributed by atoms with Gasteiger partial charge in [0.05, 0.1) is 24.3 Å². The van der Waals surface area contributed by atoms with Crippen LogP contribution >= 0.6 is 0 Å². The quantitative estimate of drug-likeness (QED) is 0.763. The van der Waals surface area contributed by atoms with E-state index in [0.717, 1.165) is 0 Å². The topological polar surface area (TPSA) is 84.9 Å². The number of nitrogens with one attached hydrogen (secondary N) is 1. The van der Waals surface area contributed by atoms with Crippen LogP contribution in [0.25, 0.3) is 0 Å². The first-order valence-electron chi connectivity index (χ1n) is 6.47. The highest BCUT2D eigenvalue weighted by atomic mass is 16.6. The molecule has 0 unspecified atom stereocenters. The van der Waals surface area contributed by atoms with Crippen molar-refractivity contribution in [1.82, 2.24) is 5.32 Å². The Morgan fingerprint density at radius 1 is 1.40 bits per heavy atom. The molecule has 6 heteroatoms. The van der Waals surface area contributed by atoms with Crippen molar-refractivity contribution >= 4 is 12.1 Å². The third-order valence-corrected chi connectivity index (χ3v) is 2.44. The predicted octanol–water partition coefficient (Wildman–Crippen LogP) is 1.30. The van der Waals surface area contributed by atoms with Crippen LogP contribution in [0.2, 0.25) is 0 Å². The SMILES string of the molecule is CCOC(=O)C1=CC=C[C@@H](O)[C@@H]1NC(=O)OC(C)(C)C. The lowest BCUT2D eigenvalue weighted by Gasteiger charge is -2.27. The summed E-state index contributed by atoms with van der Waals surface area (Å²) in [6.45, 7) is 7.09. The molecular formula is C14H21NO5. The number of rotatable bonds is 3. The molecule has 1 amide bonds. The molecule has 0 aromatic carbocycles. The van der Waals surface area contributed by atoms with Crippen molar-refractivity contribution in [2.75, 3.05) is 6.61 Å². The number of allylic oxidation sites excluding steroid dienone is 2. The molecule has 0 radical (unpaired) electrons. The minimum atomic E-state index is -1.01. The molecule has 0 saturated heterocycles. The molecule has 0 bridgehead atoms. The fourth-order valence-corrected chi connectivity index (χ4v) is 1.68. The van der Waals surface area contributed by atoms with Gasteiger partial charge < -0.3 is 19.9 Å². The maximum atomic E-state index is 11.8. The van der Waals surface area contributed by atoms with Gasteiger partial charge in [-0.2, -0.15) is 0 Å². The Morgan fingerprint density at radius 2 is 2.05 bits per heavy atom. The summed E-state index contributed by atoms with van der Waals surface area (Å²) in [7, 11) is 0. The first-order chi connectivity index (χ1) is 9.24. The maximum absolute atomic E-state index is 11.8. The van der Waals surface area contributed by atoms with E-state index in [2.05, 4.69) is 5.32 Å². The van der Waals surface area contributed by atoms with E-state index in [4.69, 9.17) is 9.47 Å². The number of aliphatic hydroxyl groups is 1. The average molecular weight is 283 g/mol. The van der Waals surface area contributed by atoms with E-state index in [0.29, 0.717) is 0 Å². The summed E-state index contributed by atoms with van der Waals surface area (Å²) < 4.78 is 10.0. The van der Waals surface area contributed by atoms with Crippen molar-refractivity contribution in [3.05, 3.63) is 23.8 Å². The molecule has 112 valence electrons. The van der Waals surface area contributed by atoms with Crippen LogP contribution in [0.5, 0.6) is 0 Å². The fourth-order valence-electron chi connectivity index (χ4n) is 1.68. The first-order valence-corrected chi connectivity index (χ1v) is 6.47. The first kappa shape index (κ1) is 16.2.